The summed E-state index contributed by atoms with van der Waals surface area (Å²) in [5.74, 6) is -0.890. The molecule has 0 spiro atoms. The Balaban J connectivity index is 3.46. The molecule has 0 aromatic heterocycles. The highest BCUT2D eigenvalue weighted by molar-refractivity contribution is 5.73. The van der Waals surface area contributed by atoms with Crippen molar-refractivity contribution in [1.82, 2.24) is 0 Å². The maximum Gasteiger partial charge on any atom is 0.308 e. The lowest BCUT2D eigenvalue weighted by molar-refractivity contribution is -0.149. The number of aliphatic hydroxyl groups excluding tert-OH is 1. The molecule has 1 N–H and O–H groups in total. The third-order valence-electron chi connectivity index (χ3n) is 7.67. The van der Waals surface area contributed by atoms with Gasteiger partial charge in [0, 0.05) is 0 Å². The molecule has 0 aliphatic heterocycles. The molecule has 0 radical (unpaired) electrons. The van der Waals surface area contributed by atoms with E-state index in [1.54, 1.807) is 0 Å². The van der Waals surface area contributed by atoms with Crippen LogP contribution in [0.5, 0.6) is 0 Å². The predicted molar refractivity (Wildman–Crippen MR) is 178 cm³/mol. The predicted octanol–water partition coefficient (Wildman–Crippen LogP) is 10.7. The molecule has 5 heteroatoms. The zero-order valence-corrected chi connectivity index (χ0v) is 27.8. The molecule has 42 heavy (non-hydrogen) atoms. The molecule has 0 bridgehead atoms. The van der Waals surface area contributed by atoms with Crippen molar-refractivity contribution in [1.29, 1.82) is 0 Å². The van der Waals surface area contributed by atoms with Gasteiger partial charge in [-0.25, -0.2) is 0 Å². The molecular formula is C37H68O5. The lowest BCUT2D eigenvalue weighted by Crippen LogP contribution is -2.21. The van der Waals surface area contributed by atoms with Crippen molar-refractivity contribution in [2.75, 3.05) is 13.2 Å². The summed E-state index contributed by atoms with van der Waals surface area (Å²) in [5, 5.41) is 10.0. The Morgan fingerprint density at radius 2 is 0.833 bits per heavy atom. The Bertz CT molecular complexity index is 642. The van der Waals surface area contributed by atoms with Gasteiger partial charge in [0.15, 0.2) is 0 Å². The maximum absolute atomic E-state index is 11.9. The normalized spacial score (nSPS) is 12.4. The first-order chi connectivity index (χ1) is 20.6. The molecule has 0 aliphatic carbocycles. The molecule has 0 unspecified atom stereocenters. The van der Waals surface area contributed by atoms with Crippen LogP contribution < -0.4 is 0 Å². The van der Waals surface area contributed by atoms with E-state index in [1.165, 1.54) is 109 Å². The first-order valence-corrected chi connectivity index (χ1v) is 17.9. The highest BCUT2D eigenvalue weighted by Gasteiger charge is 2.16. The van der Waals surface area contributed by atoms with E-state index in [0.717, 1.165) is 44.9 Å². The van der Waals surface area contributed by atoms with Crippen LogP contribution in [0.15, 0.2) is 24.3 Å². The number of ether oxygens (including phenoxy) is 2. The van der Waals surface area contributed by atoms with Crippen molar-refractivity contribution in [3.63, 3.8) is 0 Å². The first-order valence-electron chi connectivity index (χ1n) is 17.9. The summed E-state index contributed by atoms with van der Waals surface area (Å²) >= 11 is 0. The van der Waals surface area contributed by atoms with Crippen molar-refractivity contribution in [2.45, 2.75) is 187 Å². The van der Waals surface area contributed by atoms with Crippen LogP contribution in [0.1, 0.15) is 181 Å². The fraction of sp³-hybridized carbons (Fsp3) is 0.838. The molecule has 5 nitrogen and oxygen atoms in total. The zero-order chi connectivity index (χ0) is 30.8. The van der Waals surface area contributed by atoms with Gasteiger partial charge in [0.05, 0.1) is 32.2 Å². The van der Waals surface area contributed by atoms with E-state index in [-0.39, 0.29) is 12.8 Å². The third-order valence-corrected chi connectivity index (χ3v) is 7.67. The Kier molecular flexibility index (Phi) is 32.6. The first kappa shape index (κ1) is 40.4. The second-order valence-corrected chi connectivity index (χ2v) is 12.0. The van der Waals surface area contributed by atoms with Crippen molar-refractivity contribution < 1.29 is 24.2 Å². The highest BCUT2D eigenvalue weighted by Crippen LogP contribution is 2.13. The van der Waals surface area contributed by atoms with Crippen LogP contribution >= 0.6 is 0 Å². The molecule has 0 saturated carbocycles. The van der Waals surface area contributed by atoms with Gasteiger partial charge in [-0.1, -0.05) is 147 Å². The standard InChI is InChI=1S/C37H68O5/c1-3-5-7-9-11-13-15-17-18-20-22-24-26-28-30-32-42-37(40)34-35(38)33-36(39)41-31-29-27-25-23-21-19-16-14-12-10-8-6-4-2/h11,13,17-18,35,38H,3-10,12,14-16,19-34H2,1-2H3/b13-11+,18-17+/t35-/m1/s1. The van der Waals surface area contributed by atoms with E-state index in [4.69, 9.17) is 9.47 Å². The van der Waals surface area contributed by atoms with Crippen LogP contribution in [-0.2, 0) is 19.1 Å². The molecule has 246 valence electrons. The van der Waals surface area contributed by atoms with Gasteiger partial charge in [-0.15, -0.1) is 0 Å². The summed E-state index contributed by atoms with van der Waals surface area (Å²) in [4.78, 5) is 23.9. The number of rotatable bonds is 32. The molecule has 0 aromatic carbocycles. The van der Waals surface area contributed by atoms with E-state index in [0.29, 0.717) is 13.2 Å². The molecule has 0 amide bonds. The molecule has 0 aliphatic rings. The SMILES string of the molecule is CCCCC/C=C/C/C=C/CCCCCCCOC(=O)C[C@H](O)CC(=O)OCCCCCCCCCCCCCCC. The van der Waals surface area contributed by atoms with E-state index < -0.39 is 18.0 Å². The van der Waals surface area contributed by atoms with Crippen LogP contribution in [0.2, 0.25) is 0 Å². The Morgan fingerprint density at radius 1 is 0.500 bits per heavy atom. The van der Waals surface area contributed by atoms with E-state index in [1.807, 2.05) is 0 Å². The van der Waals surface area contributed by atoms with E-state index >= 15 is 0 Å². The molecular weight excluding hydrogens is 524 g/mol. The maximum atomic E-state index is 11.9. The number of carbonyl (C=O) groups excluding carboxylic acids is 2. The lowest BCUT2D eigenvalue weighted by Gasteiger charge is -2.10. The van der Waals surface area contributed by atoms with E-state index in [9.17, 15) is 14.7 Å². The number of hydrogen-bond acceptors (Lipinski definition) is 5. The number of unbranched alkanes of at least 4 members (excludes halogenated alkanes) is 20. The van der Waals surface area contributed by atoms with Crippen LogP contribution in [0, 0.1) is 0 Å². The number of hydrogen-bond donors (Lipinski definition) is 1. The third kappa shape index (κ3) is 32.9. The smallest absolute Gasteiger partial charge is 0.308 e. The van der Waals surface area contributed by atoms with Gasteiger partial charge in [0.2, 0.25) is 0 Å². The second-order valence-electron chi connectivity index (χ2n) is 12.0. The van der Waals surface area contributed by atoms with Gasteiger partial charge in [0.25, 0.3) is 0 Å². The van der Waals surface area contributed by atoms with Gasteiger partial charge >= 0.3 is 11.9 Å². The van der Waals surface area contributed by atoms with Gasteiger partial charge in [0.1, 0.15) is 0 Å². The number of esters is 2. The highest BCUT2D eigenvalue weighted by atomic mass is 16.5. The van der Waals surface area contributed by atoms with Crippen molar-refractivity contribution in [3.8, 4) is 0 Å². The van der Waals surface area contributed by atoms with Gasteiger partial charge in [-0.05, 0) is 44.9 Å². The minimum absolute atomic E-state index is 0.156. The molecule has 0 rings (SSSR count). The van der Waals surface area contributed by atoms with Crippen molar-refractivity contribution in [2.24, 2.45) is 0 Å². The average molecular weight is 593 g/mol. The quantitative estimate of drug-likeness (QED) is 0.0478. The molecule has 0 fully saturated rings. The number of aliphatic hydroxyl groups is 1. The van der Waals surface area contributed by atoms with Gasteiger partial charge in [-0.2, -0.15) is 0 Å². The Morgan fingerprint density at radius 3 is 1.26 bits per heavy atom. The number of allylic oxidation sites excluding steroid dienone is 4. The molecule has 1 atom stereocenters. The van der Waals surface area contributed by atoms with Crippen LogP contribution in [0.3, 0.4) is 0 Å². The lowest BCUT2D eigenvalue weighted by atomic mass is 10.0. The van der Waals surface area contributed by atoms with Crippen LogP contribution in [0.25, 0.3) is 0 Å². The topological polar surface area (TPSA) is 72.8 Å². The van der Waals surface area contributed by atoms with Crippen LogP contribution in [-0.4, -0.2) is 36.4 Å². The molecule has 0 aromatic rings. The minimum atomic E-state index is -1.04. The Labute approximate surface area is 260 Å². The van der Waals surface area contributed by atoms with Crippen molar-refractivity contribution >= 4 is 11.9 Å². The summed E-state index contributed by atoms with van der Waals surface area (Å²) < 4.78 is 10.5. The van der Waals surface area contributed by atoms with Crippen LogP contribution in [0.4, 0.5) is 0 Å². The second kappa shape index (κ2) is 33.9. The van der Waals surface area contributed by atoms with Gasteiger partial charge in [-0.3, -0.25) is 9.59 Å². The Hall–Kier alpha value is -1.62. The fourth-order valence-corrected chi connectivity index (χ4v) is 4.98. The van der Waals surface area contributed by atoms with E-state index in [2.05, 4.69) is 38.2 Å². The van der Waals surface area contributed by atoms with Gasteiger partial charge < -0.3 is 14.6 Å². The number of carbonyl (C=O) groups is 2. The summed E-state index contributed by atoms with van der Waals surface area (Å²) in [7, 11) is 0. The summed E-state index contributed by atoms with van der Waals surface area (Å²) in [5.41, 5.74) is 0. The average Bonchev–Trinajstić information content (AvgIpc) is 2.97. The summed E-state index contributed by atoms with van der Waals surface area (Å²) in [6, 6.07) is 0. The largest absolute Gasteiger partial charge is 0.466 e. The molecule has 0 saturated heterocycles. The fourth-order valence-electron chi connectivity index (χ4n) is 4.98. The molecule has 0 heterocycles. The monoisotopic (exact) mass is 593 g/mol. The minimum Gasteiger partial charge on any atom is -0.466 e. The zero-order valence-electron chi connectivity index (χ0n) is 27.8. The van der Waals surface area contributed by atoms with Crippen molar-refractivity contribution in [3.05, 3.63) is 24.3 Å². The summed E-state index contributed by atoms with van der Waals surface area (Å²) in [6.07, 6.45) is 37.0. The summed E-state index contributed by atoms with van der Waals surface area (Å²) in [6.45, 7) is 5.26.